The van der Waals surface area contributed by atoms with Crippen molar-refractivity contribution >= 4 is 11.6 Å². The normalized spacial score (nSPS) is 46.8. The van der Waals surface area contributed by atoms with E-state index in [0.29, 0.717) is 18.3 Å². The molecule has 4 aliphatic carbocycles. The maximum absolute atomic E-state index is 11.3. The van der Waals surface area contributed by atoms with Gasteiger partial charge in [0.05, 0.1) is 11.3 Å². The largest absolute Gasteiger partial charge is 0.514 e. The highest BCUT2D eigenvalue weighted by atomic mass is 35.5. The minimum atomic E-state index is -1.12. The molecule has 1 saturated carbocycles. The van der Waals surface area contributed by atoms with Gasteiger partial charge in [-0.3, -0.25) is 0 Å². The molecule has 3 heteroatoms. The van der Waals surface area contributed by atoms with Crippen LogP contribution in [-0.2, 0) is 0 Å². The first-order chi connectivity index (χ1) is 11.4. The summed E-state index contributed by atoms with van der Waals surface area (Å²) in [6.07, 6.45) is 17.8. The van der Waals surface area contributed by atoms with Crippen molar-refractivity contribution in [3.8, 4) is 0 Å². The molecule has 0 aliphatic heterocycles. The quantitative estimate of drug-likeness (QED) is 0.508. The third kappa shape index (κ3) is 1.82. The number of hydrogen-bond donors (Lipinski definition) is 2. The number of aliphatic hydroxyl groups excluding tert-OH is 1. The molecule has 0 aromatic carbocycles. The third-order valence-electron chi connectivity index (χ3n) is 7.33. The molecule has 2 nitrogen and oxygen atoms in total. The van der Waals surface area contributed by atoms with Crippen molar-refractivity contribution in [1.82, 2.24) is 0 Å². The van der Waals surface area contributed by atoms with Crippen LogP contribution in [0, 0.1) is 22.7 Å². The van der Waals surface area contributed by atoms with Crippen molar-refractivity contribution < 1.29 is 10.2 Å². The van der Waals surface area contributed by atoms with Crippen LogP contribution in [0.15, 0.2) is 58.9 Å². The fraction of sp³-hybridized carbons (Fsp3) is 0.524. The minimum absolute atomic E-state index is 0.0175. The second kappa shape index (κ2) is 5.12. The number of allylic oxidation sites excluding steroid dienone is 8. The summed E-state index contributed by atoms with van der Waals surface area (Å²) < 4.78 is 0. The van der Waals surface area contributed by atoms with E-state index in [0.717, 1.165) is 25.5 Å². The summed E-state index contributed by atoms with van der Waals surface area (Å²) in [5.74, 6) is 0.816. The van der Waals surface area contributed by atoms with Gasteiger partial charge in [-0.05, 0) is 50.0 Å². The first kappa shape index (κ1) is 16.2. The molecule has 0 heterocycles. The lowest BCUT2D eigenvalue weighted by atomic mass is 9.53. The van der Waals surface area contributed by atoms with Gasteiger partial charge in [0, 0.05) is 10.8 Å². The summed E-state index contributed by atoms with van der Waals surface area (Å²) >= 11 is 6.24. The van der Waals surface area contributed by atoms with Gasteiger partial charge in [-0.1, -0.05) is 60.6 Å². The monoisotopic (exact) mass is 344 g/mol. The lowest BCUT2D eigenvalue weighted by Crippen LogP contribution is -2.50. The molecule has 0 aromatic heterocycles. The molecular weight excluding hydrogens is 320 g/mol. The Bertz CT molecular complexity index is 728. The van der Waals surface area contributed by atoms with Crippen molar-refractivity contribution in [3.05, 3.63) is 58.9 Å². The lowest BCUT2D eigenvalue weighted by Gasteiger charge is -2.52. The molecular formula is C21H25ClO2. The molecule has 0 radical (unpaired) electrons. The third-order valence-corrected chi connectivity index (χ3v) is 7.74. The van der Waals surface area contributed by atoms with Crippen molar-refractivity contribution in [1.29, 1.82) is 0 Å². The van der Waals surface area contributed by atoms with Crippen LogP contribution in [0.5, 0.6) is 0 Å². The number of hydrogen-bond acceptors (Lipinski definition) is 2. The Morgan fingerprint density at radius 3 is 2.83 bits per heavy atom. The van der Waals surface area contributed by atoms with Crippen molar-refractivity contribution in [2.24, 2.45) is 22.7 Å². The van der Waals surface area contributed by atoms with Crippen molar-refractivity contribution in [3.63, 3.8) is 0 Å². The summed E-state index contributed by atoms with van der Waals surface area (Å²) in [7, 11) is 0. The Kier molecular flexibility index (Phi) is 3.47. The summed E-state index contributed by atoms with van der Waals surface area (Å²) in [5.41, 5.74) is 1.42. The maximum Gasteiger partial charge on any atom is 0.109 e. The molecule has 5 atom stereocenters. The average Bonchev–Trinajstić information content (AvgIpc) is 2.86. The summed E-state index contributed by atoms with van der Waals surface area (Å²) in [6, 6.07) is 0. The van der Waals surface area contributed by atoms with E-state index in [1.807, 2.05) is 0 Å². The van der Waals surface area contributed by atoms with Gasteiger partial charge >= 0.3 is 0 Å². The van der Waals surface area contributed by atoms with Crippen LogP contribution in [0.4, 0.5) is 0 Å². The van der Waals surface area contributed by atoms with Gasteiger partial charge in [0.25, 0.3) is 0 Å². The Morgan fingerprint density at radius 1 is 1.29 bits per heavy atom. The second-order valence-corrected chi connectivity index (χ2v) is 8.59. The molecule has 128 valence electrons. The zero-order chi connectivity index (χ0) is 17.2. The molecule has 0 unspecified atom stereocenters. The average molecular weight is 345 g/mol. The van der Waals surface area contributed by atoms with Crippen LogP contribution in [0.3, 0.4) is 0 Å². The maximum atomic E-state index is 11.3. The fourth-order valence-electron chi connectivity index (χ4n) is 5.79. The zero-order valence-corrected chi connectivity index (χ0v) is 15.1. The molecule has 4 rings (SSSR count). The number of rotatable bonds is 1. The molecule has 0 spiro atoms. The summed E-state index contributed by atoms with van der Waals surface area (Å²) in [6.45, 7) is 4.45. The van der Waals surface area contributed by atoms with Crippen LogP contribution < -0.4 is 0 Å². The van der Waals surface area contributed by atoms with E-state index in [2.05, 4.69) is 50.3 Å². The van der Waals surface area contributed by atoms with Gasteiger partial charge in [-0.2, -0.15) is 0 Å². The number of halogens is 1. The van der Waals surface area contributed by atoms with Crippen LogP contribution in [0.2, 0.25) is 0 Å². The van der Waals surface area contributed by atoms with Gasteiger partial charge in [0.15, 0.2) is 0 Å². The summed E-state index contributed by atoms with van der Waals surface area (Å²) in [4.78, 5) is 0. The van der Waals surface area contributed by atoms with E-state index in [1.165, 1.54) is 11.1 Å². The van der Waals surface area contributed by atoms with E-state index in [9.17, 15) is 10.2 Å². The molecule has 0 amide bonds. The Labute approximate surface area is 148 Å². The van der Waals surface area contributed by atoms with Gasteiger partial charge < -0.3 is 10.2 Å². The van der Waals surface area contributed by atoms with Gasteiger partial charge in [-0.15, -0.1) is 0 Å². The van der Waals surface area contributed by atoms with Crippen molar-refractivity contribution in [2.45, 2.75) is 45.1 Å². The van der Waals surface area contributed by atoms with Crippen molar-refractivity contribution in [2.75, 3.05) is 0 Å². The topological polar surface area (TPSA) is 40.5 Å². The zero-order valence-electron chi connectivity index (χ0n) is 14.3. The SMILES string of the molecule is C[C@]12C=CC=CC1=CC[C@@H]1C2=CC[C@@]2(C)[C@H]1CC[C@@]2(O)C(Cl)=CO. The number of fused-ring (bicyclic) bond motifs is 5. The van der Waals surface area contributed by atoms with Gasteiger partial charge in [-0.25, -0.2) is 0 Å². The van der Waals surface area contributed by atoms with Crippen LogP contribution in [0.25, 0.3) is 0 Å². The first-order valence-electron chi connectivity index (χ1n) is 8.86. The number of aliphatic hydroxyl groups is 2. The minimum Gasteiger partial charge on any atom is -0.514 e. The van der Waals surface area contributed by atoms with E-state index >= 15 is 0 Å². The van der Waals surface area contributed by atoms with E-state index in [-0.39, 0.29) is 15.9 Å². The van der Waals surface area contributed by atoms with Gasteiger partial charge in [0.1, 0.15) is 5.60 Å². The van der Waals surface area contributed by atoms with Gasteiger partial charge in [0.2, 0.25) is 0 Å². The van der Waals surface area contributed by atoms with Crippen LogP contribution in [-0.4, -0.2) is 15.8 Å². The smallest absolute Gasteiger partial charge is 0.109 e. The standard InChI is InChI=1S/C21H25ClO2/c1-19-10-4-3-5-14(19)6-7-15-16(19)8-11-20(2)17(15)9-12-21(20,24)18(22)13-23/h3-6,8,10,13,15,17,23-24H,7,9,11-12H2,1-2H3/t15-,17+,19+,20+,21-/m1/s1. The Balaban J connectivity index is 1.79. The predicted octanol–water partition coefficient (Wildman–Crippen LogP) is 5.18. The highest BCUT2D eigenvalue weighted by Gasteiger charge is 2.62. The van der Waals surface area contributed by atoms with Crippen LogP contribution >= 0.6 is 11.6 Å². The summed E-state index contributed by atoms with van der Waals surface area (Å²) in [5, 5.41) is 20.9. The van der Waals surface area contributed by atoms with E-state index in [4.69, 9.17) is 11.6 Å². The Hall–Kier alpha value is -1.25. The molecule has 2 N–H and O–H groups in total. The fourth-order valence-corrected chi connectivity index (χ4v) is 6.10. The molecule has 4 aliphatic rings. The highest BCUT2D eigenvalue weighted by molar-refractivity contribution is 6.30. The molecule has 0 saturated heterocycles. The molecule has 0 bridgehead atoms. The molecule has 24 heavy (non-hydrogen) atoms. The second-order valence-electron chi connectivity index (χ2n) is 8.19. The van der Waals surface area contributed by atoms with E-state index < -0.39 is 5.60 Å². The van der Waals surface area contributed by atoms with Crippen LogP contribution in [0.1, 0.15) is 39.5 Å². The lowest BCUT2D eigenvalue weighted by molar-refractivity contribution is -0.0465. The molecule has 0 aromatic rings. The molecule has 1 fully saturated rings. The highest BCUT2D eigenvalue weighted by Crippen LogP contribution is 2.65. The predicted molar refractivity (Wildman–Crippen MR) is 97.6 cm³/mol. The van der Waals surface area contributed by atoms with E-state index in [1.54, 1.807) is 0 Å². The Morgan fingerprint density at radius 2 is 2.08 bits per heavy atom. The first-order valence-corrected chi connectivity index (χ1v) is 9.24.